The van der Waals surface area contributed by atoms with Gasteiger partial charge >= 0.3 is 0 Å². The second kappa shape index (κ2) is 8.88. The summed E-state index contributed by atoms with van der Waals surface area (Å²) < 4.78 is 24.5. The molecule has 0 fully saturated rings. The lowest BCUT2D eigenvalue weighted by atomic mass is 10.0. The topological polar surface area (TPSA) is 42.2 Å². The third kappa shape index (κ3) is 4.77. The van der Waals surface area contributed by atoms with Crippen LogP contribution < -0.4 is 9.47 Å². The zero-order valence-electron chi connectivity index (χ0n) is 15.8. The Kier molecular flexibility index (Phi) is 6.08. The van der Waals surface area contributed by atoms with Crippen molar-refractivity contribution in [2.75, 3.05) is 7.11 Å². The normalized spacial score (nSPS) is 11.0. The number of allylic oxidation sites excluding steroid dienone is 1. The van der Waals surface area contributed by atoms with Gasteiger partial charge in [0.2, 0.25) is 0 Å². The fraction of sp³-hybridized carbons (Fsp3) is 0.125. The summed E-state index contributed by atoms with van der Waals surface area (Å²) in [5.74, 6) is 0.804. The van der Waals surface area contributed by atoms with Crippen molar-refractivity contribution in [3.63, 3.8) is 0 Å². The largest absolute Gasteiger partial charge is 0.493 e. The van der Waals surface area contributed by atoms with E-state index in [0.717, 1.165) is 22.3 Å². The number of ether oxygens (including phenoxy) is 2. The van der Waals surface area contributed by atoms with Gasteiger partial charge in [0.05, 0.1) is 18.8 Å². The van der Waals surface area contributed by atoms with Crippen LogP contribution in [0.5, 0.6) is 11.5 Å². The molecule has 28 heavy (non-hydrogen) atoms. The van der Waals surface area contributed by atoms with Crippen molar-refractivity contribution >= 4 is 11.6 Å². The molecule has 0 aromatic heterocycles. The van der Waals surface area contributed by atoms with Gasteiger partial charge < -0.3 is 9.47 Å². The van der Waals surface area contributed by atoms with E-state index in [9.17, 15) is 9.65 Å². The van der Waals surface area contributed by atoms with E-state index in [1.807, 2.05) is 49.4 Å². The first-order chi connectivity index (χ1) is 13.6. The summed E-state index contributed by atoms with van der Waals surface area (Å²) in [6, 6.07) is 21.8. The van der Waals surface area contributed by atoms with Gasteiger partial charge in [0, 0.05) is 0 Å². The Balaban J connectivity index is 1.82. The molecule has 3 rings (SSSR count). The summed E-state index contributed by atoms with van der Waals surface area (Å²) in [6.07, 6.45) is 1.81. The predicted molar refractivity (Wildman–Crippen MR) is 108 cm³/mol. The molecule has 0 aliphatic heterocycles. The monoisotopic (exact) mass is 373 g/mol. The van der Waals surface area contributed by atoms with Crippen molar-refractivity contribution < 1.29 is 13.9 Å². The van der Waals surface area contributed by atoms with Gasteiger partial charge in [-0.25, -0.2) is 4.39 Å². The van der Waals surface area contributed by atoms with E-state index < -0.39 is 0 Å². The molecule has 0 spiro atoms. The number of nitriles is 1. The Bertz CT molecular complexity index is 1030. The van der Waals surface area contributed by atoms with Crippen molar-refractivity contribution in [2.45, 2.75) is 13.5 Å². The van der Waals surface area contributed by atoms with Crippen molar-refractivity contribution in [3.05, 3.63) is 94.8 Å². The Hall–Kier alpha value is -3.58. The van der Waals surface area contributed by atoms with Gasteiger partial charge in [0.25, 0.3) is 0 Å². The average molecular weight is 373 g/mol. The molecule has 3 nitrogen and oxygen atoms in total. The van der Waals surface area contributed by atoms with Crippen LogP contribution in [0.1, 0.15) is 22.3 Å². The summed E-state index contributed by atoms with van der Waals surface area (Å²) in [4.78, 5) is 0. The van der Waals surface area contributed by atoms with Crippen LogP contribution in [0.15, 0.2) is 66.7 Å². The smallest absolute Gasteiger partial charge is 0.161 e. The van der Waals surface area contributed by atoms with E-state index in [0.29, 0.717) is 17.1 Å². The minimum atomic E-state index is -0.298. The highest BCUT2D eigenvalue weighted by atomic mass is 19.1. The zero-order valence-corrected chi connectivity index (χ0v) is 15.8. The first-order valence-corrected chi connectivity index (χ1v) is 8.83. The van der Waals surface area contributed by atoms with Crippen LogP contribution in [-0.4, -0.2) is 7.11 Å². The van der Waals surface area contributed by atoms with Crippen molar-refractivity contribution in [2.24, 2.45) is 0 Å². The first kappa shape index (κ1) is 19.2. The summed E-state index contributed by atoms with van der Waals surface area (Å²) in [5, 5.41) is 9.52. The number of benzene rings is 3. The SMILES string of the molecule is COc1cc(/C=C(\C#N)c2ccc(C)cc2)ccc1OCc1cccc(F)c1. The van der Waals surface area contributed by atoms with Crippen LogP contribution in [0.2, 0.25) is 0 Å². The Morgan fingerprint density at radius 2 is 1.82 bits per heavy atom. The van der Waals surface area contributed by atoms with Crippen LogP contribution in [0, 0.1) is 24.1 Å². The highest BCUT2D eigenvalue weighted by molar-refractivity contribution is 5.89. The fourth-order valence-electron chi connectivity index (χ4n) is 2.76. The third-order valence-corrected chi connectivity index (χ3v) is 4.27. The van der Waals surface area contributed by atoms with Crippen molar-refractivity contribution in [1.29, 1.82) is 5.26 Å². The summed E-state index contributed by atoms with van der Waals surface area (Å²) in [5.41, 5.74) is 4.13. The zero-order chi connectivity index (χ0) is 19.9. The molecular weight excluding hydrogens is 353 g/mol. The number of nitrogens with zero attached hydrogens (tertiary/aromatic N) is 1. The van der Waals surface area contributed by atoms with Crippen molar-refractivity contribution in [3.8, 4) is 17.6 Å². The third-order valence-electron chi connectivity index (χ3n) is 4.27. The highest BCUT2D eigenvalue weighted by Crippen LogP contribution is 2.30. The number of hydrogen-bond donors (Lipinski definition) is 0. The first-order valence-electron chi connectivity index (χ1n) is 8.83. The Morgan fingerprint density at radius 1 is 1.04 bits per heavy atom. The number of halogens is 1. The molecule has 140 valence electrons. The summed E-state index contributed by atoms with van der Waals surface area (Å²) in [7, 11) is 1.56. The molecule has 0 bridgehead atoms. The lowest BCUT2D eigenvalue weighted by molar-refractivity contribution is 0.284. The standard InChI is InChI=1S/C24H20FNO2/c1-17-6-9-20(10-7-17)21(15-26)12-18-8-11-23(24(14-18)27-2)28-16-19-4-3-5-22(25)13-19/h3-14H,16H2,1-2H3/b21-12+. The maximum absolute atomic E-state index is 13.3. The number of aryl methyl sites for hydroxylation is 1. The van der Waals surface area contributed by atoms with Crippen LogP contribution in [0.4, 0.5) is 4.39 Å². The molecule has 4 heteroatoms. The van der Waals surface area contributed by atoms with Gasteiger partial charge in [-0.1, -0.05) is 48.0 Å². The lowest BCUT2D eigenvalue weighted by Crippen LogP contribution is -1.98. The number of methoxy groups -OCH3 is 1. The second-order valence-corrected chi connectivity index (χ2v) is 6.36. The van der Waals surface area contributed by atoms with Gasteiger partial charge in [0.1, 0.15) is 12.4 Å². The molecule has 0 N–H and O–H groups in total. The van der Waals surface area contributed by atoms with Gasteiger partial charge in [-0.3, -0.25) is 0 Å². The van der Waals surface area contributed by atoms with Gasteiger partial charge in [-0.05, 0) is 54.0 Å². The van der Waals surface area contributed by atoms with E-state index in [4.69, 9.17) is 9.47 Å². The molecule has 0 heterocycles. The van der Waals surface area contributed by atoms with E-state index in [1.165, 1.54) is 12.1 Å². The minimum Gasteiger partial charge on any atom is -0.493 e. The molecule has 0 aliphatic carbocycles. The summed E-state index contributed by atoms with van der Waals surface area (Å²) >= 11 is 0. The van der Waals surface area contributed by atoms with Crippen LogP contribution in [-0.2, 0) is 6.61 Å². The molecule has 3 aromatic rings. The predicted octanol–water partition coefficient (Wildman–Crippen LogP) is 5.79. The van der Waals surface area contributed by atoms with Crippen LogP contribution in [0.25, 0.3) is 11.6 Å². The Labute approximate surface area is 164 Å². The molecule has 0 saturated carbocycles. The molecular formula is C24H20FNO2. The molecule has 0 atom stereocenters. The highest BCUT2D eigenvalue weighted by Gasteiger charge is 2.08. The van der Waals surface area contributed by atoms with E-state index >= 15 is 0 Å². The van der Waals surface area contributed by atoms with Gasteiger partial charge in [0.15, 0.2) is 11.5 Å². The Morgan fingerprint density at radius 3 is 2.50 bits per heavy atom. The molecule has 0 amide bonds. The second-order valence-electron chi connectivity index (χ2n) is 6.36. The molecule has 0 saturated heterocycles. The quantitative estimate of drug-likeness (QED) is 0.406. The van der Waals surface area contributed by atoms with Gasteiger partial charge in [-0.15, -0.1) is 0 Å². The molecule has 0 unspecified atom stereocenters. The van der Waals surface area contributed by atoms with Crippen molar-refractivity contribution in [1.82, 2.24) is 0 Å². The minimum absolute atomic E-state index is 0.232. The van der Waals surface area contributed by atoms with E-state index in [2.05, 4.69) is 6.07 Å². The van der Waals surface area contributed by atoms with Crippen LogP contribution in [0.3, 0.4) is 0 Å². The average Bonchev–Trinajstić information content (AvgIpc) is 2.71. The lowest BCUT2D eigenvalue weighted by Gasteiger charge is -2.12. The summed E-state index contributed by atoms with van der Waals surface area (Å²) in [6.45, 7) is 2.24. The van der Waals surface area contributed by atoms with E-state index in [1.54, 1.807) is 25.3 Å². The number of rotatable bonds is 6. The molecule has 0 aliphatic rings. The van der Waals surface area contributed by atoms with E-state index in [-0.39, 0.29) is 12.4 Å². The van der Waals surface area contributed by atoms with Crippen LogP contribution >= 0.6 is 0 Å². The fourth-order valence-corrected chi connectivity index (χ4v) is 2.76. The molecule has 3 aromatic carbocycles. The van der Waals surface area contributed by atoms with Gasteiger partial charge in [-0.2, -0.15) is 5.26 Å². The number of hydrogen-bond acceptors (Lipinski definition) is 3. The maximum atomic E-state index is 13.3. The molecule has 0 radical (unpaired) electrons. The maximum Gasteiger partial charge on any atom is 0.161 e.